The van der Waals surface area contributed by atoms with Gasteiger partial charge in [0.15, 0.2) is 11.4 Å². The highest BCUT2D eigenvalue weighted by Crippen LogP contribution is 2.56. The standard InChI is InChI=1S/C37H36FN3O7/c1-40(2)30-25-16-21-15-24-27(31(42)23-14-20(10-11-22(23)29(24)38)17-41-12-6-7-13-41)32(43)26(21)34(44)37(25,46)35(45)28-33(30)48-39-36(28)47-18-19-8-4-3-5-9-19/h3-5,8-11,14,21,25,30,42-43,46H,6-7,12-13,15-18H2,1-2H3/t21-,25-,30-,37-/m0/s1. The van der Waals surface area contributed by atoms with Crippen LogP contribution in [0.15, 0.2) is 58.6 Å². The van der Waals surface area contributed by atoms with E-state index < -0.39 is 46.6 Å². The Bertz CT molecular complexity index is 2020. The molecule has 0 bridgehead atoms. The molecule has 48 heavy (non-hydrogen) atoms. The molecular formula is C37H36FN3O7. The van der Waals surface area contributed by atoms with E-state index in [9.17, 15) is 24.9 Å². The molecule has 1 aliphatic heterocycles. The van der Waals surface area contributed by atoms with Crippen molar-refractivity contribution < 1.29 is 38.6 Å². The zero-order valence-electron chi connectivity index (χ0n) is 26.7. The van der Waals surface area contributed by atoms with Gasteiger partial charge in [-0.1, -0.05) is 42.5 Å². The van der Waals surface area contributed by atoms with Crippen molar-refractivity contribution in [2.75, 3.05) is 27.2 Å². The van der Waals surface area contributed by atoms with Crippen LogP contribution < -0.4 is 4.74 Å². The molecule has 1 saturated heterocycles. The number of aliphatic hydroxyl groups excluding tert-OH is 1. The normalized spacial score (nSPS) is 25.3. The number of nitrogens with zero attached hydrogens (tertiary/aromatic N) is 3. The Labute approximate surface area is 276 Å². The van der Waals surface area contributed by atoms with E-state index in [0.29, 0.717) is 6.54 Å². The van der Waals surface area contributed by atoms with Crippen LogP contribution in [0, 0.1) is 17.7 Å². The fourth-order valence-electron chi connectivity index (χ4n) is 8.41. The Kier molecular flexibility index (Phi) is 7.21. The van der Waals surface area contributed by atoms with Crippen molar-refractivity contribution in [3.8, 4) is 11.6 Å². The van der Waals surface area contributed by atoms with Crippen LogP contribution in [0.25, 0.3) is 16.5 Å². The molecule has 4 aliphatic rings. The first-order valence-corrected chi connectivity index (χ1v) is 16.4. The van der Waals surface area contributed by atoms with Gasteiger partial charge in [0.1, 0.15) is 29.5 Å². The molecule has 4 aromatic rings. The molecule has 0 radical (unpaired) electrons. The van der Waals surface area contributed by atoms with E-state index in [1.807, 2.05) is 36.4 Å². The Morgan fingerprint density at radius 3 is 2.50 bits per heavy atom. The second-order valence-corrected chi connectivity index (χ2v) is 13.7. The molecule has 2 heterocycles. The average Bonchev–Trinajstić information content (AvgIpc) is 3.75. The molecule has 0 amide bonds. The maximum Gasteiger partial charge on any atom is 0.265 e. The number of aromatic hydroxyl groups is 1. The first-order valence-electron chi connectivity index (χ1n) is 16.4. The summed E-state index contributed by atoms with van der Waals surface area (Å²) >= 11 is 0. The number of phenols is 1. The molecule has 8 rings (SSSR count). The number of benzene rings is 3. The molecule has 0 unspecified atom stereocenters. The van der Waals surface area contributed by atoms with E-state index in [-0.39, 0.29) is 69.9 Å². The predicted octanol–water partition coefficient (Wildman–Crippen LogP) is 5.11. The van der Waals surface area contributed by atoms with Crippen LogP contribution in [0.1, 0.15) is 63.7 Å². The molecular weight excluding hydrogens is 617 g/mol. The highest BCUT2D eigenvalue weighted by atomic mass is 19.1. The third-order valence-electron chi connectivity index (χ3n) is 10.7. The topological polar surface area (TPSA) is 137 Å². The van der Waals surface area contributed by atoms with Gasteiger partial charge in [-0.05, 0) is 81.1 Å². The van der Waals surface area contributed by atoms with Gasteiger partial charge in [-0.3, -0.25) is 19.4 Å². The Balaban J connectivity index is 1.21. The SMILES string of the molecule is CN(C)[C@@H]1c2onc(OCc3ccccc3)c2C(=O)[C@@]2(O)C(=O)C3=C(O)c4c(c(F)c5ccc(CN6CCCC6)cc5c4O)C[C@H]3C[C@@H]12. The first-order chi connectivity index (χ1) is 23.1. The summed E-state index contributed by atoms with van der Waals surface area (Å²) in [6.07, 6.45) is 2.27. The highest BCUT2D eigenvalue weighted by molar-refractivity contribution is 6.26. The molecule has 1 saturated carbocycles. The number of hydrogen-bond acceptors (Lipinski definition) is 10. The summed E-state index contributed by atoms with van der Waals surface area (Å²) < 4.78 is 27.8. The number of carbonyl (C=O) groups excluding carboxylic acids is 2. The van der Waals surface area contributed by atoms with E-state index in [1.165, 1.54) is 0 Å². The van der Waals surface area contributed by atoms with Crippen LogP contribution >= 0.6 is 0 Å². The lowest BCUT2D eigenvalue weighted by Gasteiger charge is -2.49. The van der Waals surface area contributed by atoms with Crippen molar-refractivity contribution >= 4 is 28.1 Å². The third-order valence-corrected chi connectivity index (χ3v) is 10.7. The number of Topliss-reactive ketones (excluding diaryl/α,β-unsaturated/α-hetero) is 2. The van der Waals surface area contributed by atoms with Gasteiger partial charge in [-0.2, -0.15) is 0 Å². The maximum atomic E-state index is 16.3. The van der Waals surface area contributed by atoms with Gasteiger partial charge in [0.05, 0.1) is 11.6 Å². The molecule has 1 aromatic heterocycles. The van der Waals surface area contributed by atoms with Crippen molar-refractivity contribution in [3.05, 3.63) is 93.5 Å². The molecule has 3 aromatic carbocycles. The minimum absolute atomic E-state index is 0.0129. The minimum Gasteiger partial charge on any atom is -0.507 e. The number of phenolic OH excluding ortho intramolecular Hbond substituents is 1. The molecule has 0 spiro atoms. The second-order valence-electron chi connectivity index (χ2n) is 13.7. The number of aliphatic hydroxyl groups is 2. The lowest BCUT2D eigenvalue weighted by molar-refractivity contribution is -0.142. The van der Waals surface area contributed by atoms with Gasteiger partial charge < -0.3 is 24.6 Å². The summed E-state index contributed by atoms with van der Waals surface area (Å²) in [6, 6.07) is 13.7. The molecule has 3 aliphatic carbocycles. The predicted molar refractivity (Wildman–Crippen MR) is 173 cm³/mol. The van der Waals surface area contributed by atoms with E-state index in [4.69, 9.17) is 9.26 Å². The van der Waals surface area contributed by atoms with Crippen LogP contribution in [0.3, 0.4) is 0 Å². The van der Waals surface area contributed by atoms with Crippen molar-refractivity contribution in [3.63, 3.8) is 0 Å². The fourth-order valence-corrected chi connectivity index (χ4v) is 8.41. The minimum atomic E-state index is -2.59. The van der Waals surface area contributed by atoms with Crippen molar-refractivity contribution in [1.82, 2.24) is 15.0 Å². The van der Waals surface area contributed by atoms with Gasteiger partial charge in [0, 0.05) is 34.4 Å². The fraction of sp³-hybridized carbons (Fsp3) is 0.378. The molecule has 248 valence electrons. The van der Waals surface area contributed by atoms with Crippen LogP contribution in [0.4, 0.5) is 4.39 Å². The molecule has 4 atom stereocenters. The average molecular weight is 654 g/mol. The Morgan fingerprint density at radius 2 is 1.77 bits per heavy atom. The monoisotopic (exact) mass is 653 g/mol. The number of halogens is 1. The third kappa shape index (κ3) is 4.44. The zero-order valence-corrected chi connectivity index (χ0v) is 26.7. The van der Waals surface area contributed by atoms with Crippen molar-refractivity contribution in [1.29, 1.82) is 0 Å². The smallest absolute Gasteiger partial charge is 0.265 e. The van der Waals surface area contributed by atoms with E-state index in [0.717, 1.165) is 37.1 Å². The molecule has 10 nitrogen and oxygen atoms in total. The number of ether oxygens (including phenoxy) is 1. The van der Waals surface area contributed by atoms with E-state index >= 15 is 4.39 Å². The largest absolute Gasteiger partial charge is 0.507 e. The highest BCUT2D eigenvalue weighted by Gasteiger charge is 2.65. The molecule has 2 fully saturated rings. The van der Waals surface area contributed by atoms with Gasteiger partial charge in [0.25, 0.3) is 5.88 Å². The number of aromatic nitrogens is 1. The van der Waals surface area contributed by atoms with Gasteiger partial charge >= 0.3 is 0 Å². The van der Waals surface area contributed by atoms with Gasteiger partial charge in [-0.15, -0.1) is 0 Å². The zero-order chi connectivity index (χ0) is 33.5. The summed E-state index contributed by atoms with van der Waals surface area (Å²) in [4.78, 5) is 32.8. The first kappa shape index (κ1) is 30.7. The van der Waals surface area contributed by atoms with E-state index in [1.54, 1.807) is 31.1 Å². The number of hydrogen-bond donors (Lipinski definition) is 3. The Morgan fingerprint density at radius 1 is 1.02 bits per heavy atom. The van der Waals surface area contributed by atoms with Crippen LogP contribution in [-0.4, -0.2) is 74.6 Å². The summed E-state index contributed by atoms with van der Waals surface area (Å²) in [5.74, 6) is -5.15. The maximum absolute atomic E-state index is 16.3. The number of ketones is 2. The summed E-state index contributed by atoms with van der Waals surface area (Å²) in [5, 5.41) is 40.0. The summed E-state index contributed by atoms with van der Waals surface area (Å²) in [6.45, 7) is 2.65. The quantitative estimate of drug-likeness (QED) is 0.241. The van der Waals surface area contributed by atoms with Crippen molar-refractivity contribution in [2.45, 2.75) is 50.5 Å². The van der Waals surface area contributed by atoms with Crippen LogP contribution in [0.5, 0.6) is 11.6 Å². The lowest BCUT2D eigenvalue weighted by Crippen LogP contribution is -2.63. The number of carbonyl (C=O) groups is 2. The van der Waals surface area contributed by atoms with Crippen LogP contribution in [0.2, 0.25) is 0 Å². The summed E-state index contributed by atoms with van der Waals surface area (Å²) in [5.41, 5.74) is -1.29. The number of likely N-dealkylation sites (tertiary alicyclic amines) is 1. The van der Waals surface area contributed by atoms with Crippen LogP contribution in [-0.2, 0) is 24.4 Å². The second kappa shape index (κ2) is 11.3. The van der Waals surface area contributed by atoms with Crippen molar-refractivity contribution in [2.24, 2.45) is 11.8 Å². The number of fused-ring (bicyclic) bond motifs is 5. The van der Waals surface area contributed by atoms with Gasteiger partial charge in [-0.25, -0.2) is 4.39 Å². The lowest BCUT2D eigenvalue weighted by atomic mass is 9.57. The molecule has 3 N–H and O–H groups in total. The summed E-state index contributed by atoms with van der Waals surface area (Å²) in [7, 11) is 3.48. The van der Waals surface area contributed by atoms with E-state index in [2.05, 4.69) is 10.1 Å². The van der Waals surface area contributed by atoms with Gasteiger partial charge in [0.2, 0.25) is 11.6 Å². The molecule has 11 heteroatoms. The Hall–Kier alpha value is -4.58. The number of rotatable bonds is 6.